The minimum Gasteiger partial charge on any atom is -0.497 e. The van der Waals surface area contributed by atoms with Crippen molar-refractivity contribution in [3.8, 4) is 5.75 Å². The van der Waals surface area contributed by atoms with Gasteiger partial charge in [0.15, 0.2) is 20.5 Å². The number of hydrogen-bond acceptors (Lipinski definition) is 6. The molecule has 8 nitrogen and oxygen atoms in total. The Labute approximate surface area is 95.4 Å². The van der Waals surface area contributed by atoms with Crippen LogP contribution in [-0.4, -0.2) is 35.5 Å². The van der Waals surface area contributed by atoms with Gasteiger partial charge in [0.25, 0.3) is 15.6 Å². The van der Waals surface area contributed by atoms with Gasteiger partial charge in [-0.1, -0.05) is 0 Å². The summed E-state index contributed by atoms with van der Waals surface area (Å²) in [5.74, 6) is -0.649. The number of aldehydes is 1. The van der Waals surface area contributed by atoms with E-state index in [0.29, 0.717) is 6.29 Å². The molecule has 0 atom stereocenters. The Bertz CT molecular complexity index is 447. The Morgan fingerprint density at radius 3 is 1.82 bits per heavy atom. The number of aromatic hydroxyl groups is 1. The van der Waals surface area contributed by atoms with Crippen molar-refractivity contribution in [2.75, 3.05) is 14.2 Å². The molecule has 0 bridgehead atoms. The zero-order valence-corrected chi connectivity index (χ0v) is 9.11. The predicted molar refractivity (Wildman–Crippen MR) is 54.1 cm³/mol. The lowest BCUT2D eigenvalue weighted by atomic mass is 10.1. The number of phenolic OH excluding ortho intramolecular Hbond substituents is 1. The minimum absolute atomic E-state index is 0.0172. The summed E-state index contributed by atoms with van der Waals surface area (Å²) < 4.78 is 0. The van der Waals surface area contributed by atoms with Crippen LogP contribution in [0.1, 0.15) is 10.4 Å². The summed E-state index contributed by atoms with van der Waals surface area (Å²) in [5, 5.41) is 9.65. The van der Waals surface area contributed by atoms with Gasteiger partial charge < -0.3 is 5.11 Å². The van der Waals surface area contributed by atoms with Gasteiger partial charge in [-0.05, 0) is 0 Å². The minimum atomic E-state index is -0.649. The van der Waals surface area contributed by atoms with Gasteiger partial charge in [0, 0.05) is 17.7 Å². The molecule has 0 fully saturated rings. The standard InChI is InChI=1S/C9H9N2O6/c1-16-10(14)7-3-6(5-12)4-8(9(7)13)11(15)17-2/h3-5H,1-2H3/q+1/p+1. The summed E-state index contributed by atoms with van der Waals surface area (Å²) in [6.45, 7) is 0. The molecule has 0 spiro atoms. The zero-order chi connectivity index (χ0) is 13.0. The van der Waals surface area contributed by atoms with E-state index in [1.165, 1.54) is 0 Å². The average Bonchev–Trinajstić information content (AvgIpc) is 2.37. The lowest BCUT2D eigenvalue weighted by molar-refractivity contribution is -0.742. The molecule has 1 aromatic carbocycles. The lowest BCUT2D eigenvalue weighted by Gasteiger charge is -1.96. The normalized spacial score (nSPS) is 9.53. The molecule has 0 heterocycles. The van der Waals surface area contributed by atoms with Gasteiger partial charge in [-0.15, -0.1) is 0 Å². The number of carbonyl (C=O) groups excluding carboxylic acids is 1. The molecular formula is C9H10N2O6+2. The van der Waals surface area contributed by atoms with Crippen LogP contribution < -0.4 is 0 Å². The first kappa shape index (κ1) is 12.6. The van der Waals surface area contributed by atoms with Crippen LogP contribution in [0.3, 0.4) is 0 Å². The van der Waals surface area contributed by atoms with Gasteiger partial charge in [0.1, 0.15) is 0 Å². The molecule has 0 unspecified atom stereocenters. The second-order valence-electron chi connectivity index (χ2n) is 2.90. The van der Waals surface area contributed by atoms with E-state index < -0.39 is 5.75 Å². The molecule has 0 amide bonds. The first-order valence-corrected chi connectivity index (χ1v) is 4.40. The first-order chi connectivity index (χ1) is 8.04. The van der Waals surface area contributed by atoms with Gasteiger partial charge in [-0.25, -0.2) is 9.68 Å². The fourth-order valence-corrected chi connectivity index (χ4v) is 1.17. The van der Waals surface area contributed by atoms with Crippen LogP contribution in [-0.2, 0) is 9.68 Å². The highest BCUT2D eigenvalue weighted by Gasteiger charge is 2.33. The molecule has 0 aromatic heterocycles. The summed E-state index contributed by atoms with van der Waals surface area (Å²) in [7, 11) is 2.15. The highest BCUT2D eigenvalue weighted by Crippen LogP contribution is 2.36. The van der Waals surface area contributed by atoms with Crippen LogP contribution in [0.15, 0.2) is 12.1 Å². The second-order valence-corrected chi connectivity index (χ2v) is 2.90. The maximum absolute atomic E-state index is 11.2. The highest BCUT2D eigenvalue weighted by atomic mass is 16.8. The van der Waals surface area contributed by atoms with Gasteiger partial charge in [0.2, 0.25) is 0 Å². The van der Waals surface area contributed by atoms with Crippen LogP contribution in [0.25, 0.3) is 0 Å². The van der Waals surface area contributed by atoms with Gasteiger partial charge in [0.05, 0.1) is 9.81 Å². The SMILES string of the molecule is CO[N+](=O)c1cc(C=O)cc([N+](=O)OC)c1O. The summed E-state index contributed by atoms with van der Waals surface area (Å²) in [4.78, 5) is 41.7. The first-order valence-electron chi connectivity index (χ1n) is 4.40. The van der Waals surface area contributed by atoms with Crippen molar-refractivity contribution in [3.63, 3.8) is 0 Å². The largest absolute Gasteiger partial charge is 0.497 e. The third-order valence-corrected chi connectivity index (χ3v) is 1.95. The summed E-state index contributed by atoms with van der Waals surface area (Å²) in [6.07, 6.45) is 0.416. The van der Waals surface area contributed by atoms with E-state index in [9.17, 15) is 19.7 Å². The average molecular weight is 242 g/mol. The molecule has 1 N–H and O–H groups in total. The zero-order valence-electron chi connectivity index (χ0n) is 9.11. The lowest BCUT2D eigenvalue weighted by Crippen LogP contribution is -2.04. The van der Waals surface area contributed by atoms with Gasteiger partial charge in [-0.2, -0.15) is 0 Å². The van der Waals surface area contributed by atoms with Gasteiger partial charge in [-0.3, -0.25) is 4.79 Å². The number of carbonyl (C=O) groups is 1. The Kier molecular flexibility index (Phi) is 3.70. The molecule has 0 aliphatic rings. The van der Waals surface area contributed by atoms with Crippen molar-refractivity contribution in [1.82, 2.24) is 0 Å². The van der Waals surface area contributed by atoms with Crippen LogP contribution >= 0.6 is 0 Å². The third-order valence-electron chi connectivity index (χ3n) is 1.95. The second kappa shape index (κ2) is 5.01. The number of rotatable bonds is 5. The number of benzene rings is 1. The molecule has 17 heavy (non-hydrogen) atoms. The Morgan fingerprint density at radius 2 is 1.53 bits per heavy atom. The van der Waals surface area contributed by atoms with Crippen LogP contribution in [0.5, 0.6) is 5.75 Å². The molecule has 0 saturated heterocycles. The molecule has 1 aromatic rings. The molecule has 0 radical (unpaired) electrons. The number of nitrogens with zero attached hydrogens (tertiary/aromatic N) is 2. The van der Waals surface area contributed by atoms with Crippen molar-refractivity contribution >= 4 is 17.7 Å². The van der Waals surface area contributed by atoms with Crippen LogP contribution in [0.2, 0.25) is 0 Å². The van der Waals surface area contributed by atoms with Crippen LogP contribution in [0.4, 0.5) is 11.4 Å². The molecule has 90 valence electrons. The van der Waals surface area contributed by atoms with Crippen molar-refractivity contribution in [2.24, 2.45) is 0 Å². The monoisotopic (exact) mass is 242 g/mol. The third kappa shape index (κ3) is 2.36. The van der Waals surface area contributed by atoms with Crippen molar-refractivity contribution in [2.45, 2.75) is 0 Å². The van der Waals surface area contributed by atoms with Crippen molar-refractivity contribution in [1.29, 1.82) is 0 Å². The van der Waals surface area contributed by atoms with Crippen LogP contribution in [0, 0.1) is 9.81 Å². The Morgan fingerprint density at radius 1 is 1.12 bits per heavy atom. The molecule has 8 heteroatoms. The van der Waals surface area contributed by atoms with Crippen molar-refractivity contribution < 1.29 is 29.4 Å². The Hall–Kier alpha value is -2.51. The maximum atomic E-state index is 11.2. The van der Waals surface area contributed by atoms with E-state index >= 15 is 0 Å². The van der Waals surface area contributed by atoms with E-state index in [1.54, 1.807) is 0 Å². The maximum Gasteiger partial charge on any atom is 0.366 e. The number of phenols is 1. The van der Waals surface area contributed by atoms with E-state index in [1.807, 2.05) is 0 Å². The van der Waals surface area contributed by atoms with E-state index in [4.69, 9.17) is 0 Å². The fraction of sp³-hybridized carbons (Fsp3) is 0.222. The van der Waals surface area contributed by atoms with E-state index in [2.05, 4.69) is 9.68 Å². The fourth-order valence-electron chi connectivity index (χ4n) is 1.17. The highest BCUT2D eigenvalue weighted by molar-refractivity contribution is 5.80. The van der Waals surface area contributed by atoms with Gasteiger partial charge >= 0.3 is 11.4 Å². The molecule has 0 saturated carbocycles. The van der Waals surface area contributed by atoms with E-state index in [-0.39, 0.29) is 26.8 Å². The molecule has 0 aliphatic carbocycles. The number of hydrogen-bond donors (Lipinski definition) is 1. The quantitative estimate of drug-likeness (QED) is 0.614. The van der Waals surface area contributed by atoms with Crippen molar-refractivity contribution in [3.05, 3.63) is 27.5 Å². The predicted octanol–water partition coefficient (Wildman–Crippen LogP) is 1.15. The summed E-state index contributed by atoms with van der Waals surface area (Å²) in [5.41, 5.74) is -0.724. The summed E-state index contributed by atoms with van der Waals surface area (Å²) >= 11 is 0. The Balaban J connectivity index is 3.46. The smallest absolute Gasteiger partial charge is 0.366 e. The summed E-state index contributed by atoms with van der Waals surface area (Å²) in [6, 6.07) is 2.15. The molecule has 1 rings (SSSR count). The molecule has 0 aliphatic heterocycles. The molecular weight excluding hydrogens is 232 g/mol. The van der Waals surface area contributed by atoms with E-state index in [0.717, 1.165) is 26.4 Å². The topological polar surface area (TPSA) is 95.9 Å².